The van der Waals surface area contributed by atoms with E-state index in [2.05, 4.69) is 15.2 Å². The lowest BCUT2D eigenvalue weighted by Crippen LogP contribution is -2.42. The van der Waals surface area contributed by atoms with E-state index >= 15 is 0 Å². The van der Waals surface area contributed by atoms with Gasteiger partial charge in [-0.25, -0.2) is 4.98 Å². The Morgan fingerprint density at radius 1 is 1.32 bits per heavy atom. The van der Waals surface area contributed by atoms with Crippen molar-refractivity contribution in [1.82, 2.24) is 20.1 Å². The minimum atomic E-state index is -0.842. The molecule has 102 valence electrons. The summed E-state index contributed by atoms with van der Waals surface area (Å²) < 4.78 is 0. The fourth-order valence-corrected chi connectivity index (χ4v) is 2.41. The second-order valence-electron chi connectivity index (χ2n) is 5.25. The molecule has 0 aromatic carbocycles. The van der Waals surface area contributed by atoms with Gasteiger partial charge in [-0.2, -0.15) is 0 Å². The molecule has 2 fully saturated rings. The molecular formula is C12H16N4O3. The van der Waals surface area contributed by atoms with Gasteiger partial charge in [0.15, 0.2) is 0 Å². The van der Waals surface area contributed by atoms with Gasteiger partial charge >= 0.3 is 5.97 Å². The summed E-state index contributed by atoms with van der Waals surface area (Å²) >= 11 is 0. The van der Waals surface area contributed by atoms with Crippen LogP contribution in [0.4, 0.5) is 0 Å². The molecule has 0 spiro atoms. The second kappa shape index (κ2) is 4.64. The smallest absolute Gasteiger partial charge is 0.308 e. The number of carboxylic acid groups (broad SMARTS) is 1. The van der Waals surface area contributed by atoms with Crippen LogP contribution in [-0.2, 0) is 4.79 Å². The number of rotatable bonds is 3. The van der Waals surface area contributed by atoms with Crippen LogP contribution in [0.1, 0.15) is 48.0 Å². The highest BCUT2D eigenvalue weighted by atomic mass is 16.4. The quantitative estimate of drug-likeness (QED) is 0.833. The zero-order chi connectivity index (χ0) is 13.4. The molecule has 1 amide bonds. The molecule has 0 radical (unpaired) electrons. The number of carbonyl (C=O) groups is 2. The highest BCUT2D eigenvalue weighted by molar-refractivity contribution is 5.90. The van der Waals surface area contributed by atoms with Crippen molar-refractivity contribution in [2.45, 2.75) is 31.6 Å². The Morgan fingerprint density at radius 2 is 2.11 bits per heavy atom. The van der Waals surface area contributed by atoms with Crippen molar-refractivity contribution < 1.29 is 14.7 Å². The number of carboxylic acids is 1. The topological polar surface area (TPSA) is 99.2 Å². The van der Waals surface area contributed by atoms with Crippen molar-refractivity contribution >= 4 is 11.9 Å². The minimum absolute atomic E-state index is 0.160. The van der Waals surface area contributed by atoms with E-state index in [4.69, 9.17) is 5.11 Å². The summed E-state index contributed by atoms with van der Waals surface area (Å²) in [6.45, 7) is 0.831. The van der Waals surface area contributed by atoms with E-state index < -0.39 is 11.9 Å². The number of nitrogens with one attached hydrogen (secondary N) is 1. The summed E-state index contributed by atoms with van der Waals surface area (Å²) in [5.41, 5.74) is 0. The SMILES string of the molecule is O=C(O)[C@H]1CCCN(C(=O)c2n[nH]c(C3CC3)n2)C1. The monoisotopic (exact) mass is 264 g/mol. The Bertz CT molecular complexity index is 509. The molecule has 2 aliphatic rings. The van der Waals surface area contributed by atoms with Crippen LogP contribution in [-0.4, -0.2) is 50.2 Å². The molecule has 19 heavy (non-hydrogen) atoms. The maximum absolute atomic E-state index is 12.2. The lowest BCUT2D eigenvalue weighted by molar-refractivity contribution is -0.143. The number of aromatic amines is 1. The molecule has 1 aromatic rings. The van der Waals surface area contributed by atoms with Gasteiger partial charge in [-0.3, -0.25) is 14.7 Å². The fraction of sp³-hybridized carbons (Fsp3) is 0.667. The molecule has 7 heteroatoms. The summed E-state index contributed by atoms with van der Waals surface area (Å²) in [5.74, 6) is -0.231. The highest BCUT2D eigenvalue weighted by Gasteiger charge is 2.32. The van der Waals surface area contributed by atoms with Crippen LogP contribution in [0, 0.1) is 5.92 Å². The maximum Gasteiger partial charge on any atom is 0.308 e. The van der Waals surface area contributed by atoms with E-state index in [1.165, 1.54) is 0 Å². The van der Waals surface area contributed by atoms with E-state index in [1.54, 1.807) is 4.90 Å². The maximum atomic E-state index is 12.2. The number of hydrogen-bond acceptors (Lipinski definition) is 4. The molecule has 1 saturated carbocycles. The van der Waals surface area contributed by atoms with Gasteiger partial charge in [0.1, 0.15) is 5.82 Å². The molecule has 7 nitrogen and oxygen atoms in total. The molecule has 2 N–H and O–H groups in total. The summed E-state index contributed by atoms with van der Waals surface area (Å²) in [6, 6.07) is 0. The lowest BCUT2D eigenvalue weighted by Gasteiger charge is -2.29. The summed E-state index contributed by atoms with van der Waals surface area (Å²) in [6.07, 6.45) is 3.52. The molecule has 1 atom stereocenters. The Labute approximate surface area is 110 Å². The largest absolute Gasteiger partial charge is 0.481 e. The van der Waals surface area contributed by atoms with Crippen molar-refractivity contribution in [1.29, 1.82) is 0 Å². The molecule has 1 aromatic heterocycles. The number of aliphatic carboxylic acids is 1. The predicted molar refractivity (Wildman–Crippen MR) is 64.6 cm³/mol. The van der Waals surface area contributed by atoms with E-state index in [9.17, 15) is 9.59 Å². The van der Waals surface area contributed by atoms with Crippen molar-refractivity contribution in [3.63, 3.8) is 0 Å². The van der Waals surface area contributed by atoms with Crippen LogP contribution in [0.2, 0.25) is 0 Å². The van der Waals surface area contributed by atoms with E-state index in [0.29, 0.717) is 25.3 Å². The first-order valence-corrected chi connectivity index (χ1v) is 6.59. The van der Waals surface area contributed by atoms with Crippen molar-refractivity contribution in [2.24, 2.45) is 5.92 Å². The van der Waals surface area contributed by atoms with Gasteiger partial charge in [0.25, 0.3) is 5.91 Å². The van der Waals surface area contributed by atoms with Crippen molar-refractivity contribution in [3.05, 3.63) is 11.6 Å². The van der Waals surface area contributed by atoms with Gasteiger partial charge in [-0.05, 0) is 25.7 Å². The first kappa shape index (κ1) is 12.1. The summed E-state index contributed by atoms with van der Waals surface area (Å²) in [7, 11) is 0. The van der Waals surface area contributed by atoms with Gasteiger partial charge in [0.2, 0.25) is 5.82 Å². The lowest BCUT2D eigenvalue weighted by atomic mass is 9.98. The number of likely N-dealkylation sites (tertiary alicyclic amines) is 1. The standard InChI is InChI=1S/C12H16N4O3/c17-11(10-13-9(14-15-10)7-3-4-7)16-5-1-2-8(6-16)12(18)19/h7-8H,1-6H2,(H,18,19)(H,13,14,15)/t8-/m0/s1. The van der Waals surface area contributed by atoms with Crippen LogP contribution in [0.15, 0.2) is 0 Å². The van der Waals surface area contributed by atoms with Gasteiger partial charge in [-0.15, -0.1) is 5.10 Å². The van der Waals surface area contributed by atoms with Crippen LogP contribution in [0.5, 0.6) is 0 Å². The van der Waals surface area contributed by atoms with Gasteiger partial charge < -0.3 is 10.0 Å². The summed E-state index contributed by atoms with van der Waals surface area (Å²) in [4.78, 5) is 29.0. The molecule has 3 rings (SSSR count). The first-order valence-electron chi connectivity index (χ1n) is 6.59. The van der Waals surface area contributed by atoms with Gasteiger partial charge in [0.05, 0.1) is 5.92 Å². The van der Waals surface area contributed by atoms with Crippen molar-refractivity contribution in [2.75, 3.05) is 13.1 Å². The third-order valence-electron chi connectivity index (χ3n) is 3.72. The number of hydrogen-bond donors (Lipinski definition) is 2. The van der Waals surface area contributed by atoms with E-state index in [0.717, 1.165) is 18.7 Å². The molecule has 0 bridgehead atoms. The number of nitrogens with zero attached hydrogens (tertiary/aromatic N) is 3. The van der Waals surface area contributed by atoms with E-state index in [-0.39, 0.29) is 18.3 Å². The zero-order valence-corrected chi connectivity index (χ0v) is 10.5. The van der Waals surface area contributed by atoms with Crippen LogP contribution >= 0.6 is 0 Å². The Hall–Kier alpha value is -1.92. The molecule has 2 heterocycles. The molecular weight excluding hydrogens is 248 g/mol. The Morgan fingerprint density at radius 3 is 2.79 bits per heavy atom. The predicted octanol–water partition coefficient (Wildman–Crippen LogP) is 0.619. The van der Waals surface area contributed by atoms with Crippen LogP contribution < -0.4 is 0 Å². The number of amides is 1. The molecule has 0 unspecified atom stereocenters. The Kier molecular flexibility index (Phi) is 2.96. The van der Waals surface area contributed by atoms with Gasteiger partial charge in [0, 0.05) is 19.0 Å². The van der Waals surface area contributed by atoms with Crippen molar-refractivity contribution in [3.8, 4) is 0 Å². The fourth-order valence-electron chi connectivity index (χ4n) is 2.41. The number of piperidine rings is 1. The van der Waals surface area contributed by atoms with E-state index in [1.807, 2.05) is 0 Å². The molecule has 1 aliphatic heterocycles. The zero-order valence-electron chi connectivity index (χ0n) is 10.5. The average Bonchev–Trinajstić information content (AvgIpc) is 3.16. The third kappa shape index (κ3) is 2.45. The summed E-state index contributed by atoms with van der Waals surface area (Å²) in [5, 5.41) is 15.8. The van der Waals surface area contributed by atoms with Gasteiger partial charge in [-0.1, -0.05) is 0 Å². The second-order valence-corrected chi connectivity index (χ2v) is 5.25. The highest BCUT2D eigenvalue weighted by Crippen LogP contribution is 2.37. The number of aromatic nitrogens is 3. The third-order valence-corrected chi connectivity index (χ3v) is 3.72. The van der Waals surface area contributed by atoms with Crippen LogP contribution in [0.3, 0.4) is 0 Å². The number of H-pyrrole nitrogens is 1. The minimum Gasteiger partial charge on any atom is -0.481 e. The number of carbonyl (C=O) groups excluding carboxylic acids is 1. The first-order chi connectivity index (χ1) is 9.15. The molecule has 1 saturated heterocycles. The molecule has 1 aliphatic carbocycles. The Balaban J connectivity index is 1.69. The average molecular weight is 264 g/mol. The van der Waals surface area contributed by atoms with Crippen LogP contribution in [0.25, 0.3) is 0 Å². The normalized spacial score (nSPS) is 23.4.